The molecule has 100 valence electrons. The van der Waals surface area contributed by atoms with Gasteiger partial charge in [-0.3, -0.25) is 9.69 Å². The Balaban J connectivity index is 2.26. The van der Waals surface area contributed by atoms with Crippen molar-refractivity contribution < 1.29 is 19.0 Å². The molecule has 1 fully saturated rings. The van der Waals surface area contributed by atoms with E-state index in [1.165, 1.54) is 6.20 Å². The number of aliphatic hydroxyl groups is 1. The first-order chi connectivity index (χ1) is 8.37. The first kappa shape index (κ1) is 13.2. The number of allylic oxidation sites excluding steroid dienone is 1. The highest BCUT2D eigenvalue weighted by atomic mass is 19.2. The number of nitrogens with zero attached hydrogens (tertiary/aromatic N) is 1. The second-order valence-electron chi connectivity index (χ2n) is 4.90. The summed E-state index contributed by atoms with van der Waals surface area (Å²) in [5.74, 6) is -3.51. The lowest BCUT2D eigenvalue weighted by Crippen LogP contribution is -2.50. The van der Waals surface area contributed by atoms with Crippen LogP contribution in [-0.2, 0) is 9.53 Å². The van der Waals surface area contributed by atoms with Crippen LogP contribution in [0.4, 0.5) is 4.39 Å². The smallest absolute Gasteiger partial charge is 0.257 e. The maximum absolute atomic E-state index is 14.3. The van der Waals surface area contributed by atoms with E-state index >= 15 is 0 Å². The molecule has 0 bridgehead atoms. The van der Waals surface area contributed by atoms with E-state index in [9.17, 15) is 14.3 Å². The Kier molecular flexibility index (Phi) is 3.29. The molecule has 0 aromatic heterocycles. The van der Waals surface area contributed by atoms with Gasteiger partial charge in [0.05, 0.1) is 12.5 Å². The molecule has 5 heteroatoms. The molecule has 0 aliphatic carbocycles. The summed E-state index contributed by atoms with van der Waals surface area (Å²) in [4.78, 5) is 13.0. The van der Waals surface area contributed by atoms with Gasteiger partial charge in [0.15, 0.2) is 6.23 Å². The van der Waals surface area contributed by atoms with Crippen LogP contribution < -0.4 is 0 Å². The van der Waals surface area contributed by atoms with Crippen molar-refractivity contribution in [3.8, 4) is 0 Å². The fourth-order valence-corrected chi connectivity index (χ4v) is 2.40. The Morgan fingerprint density at radius 3 is 2.89 bits per heavy atom. The van der Waals surface area contributed by atoms with E-state index in [-0.39, 0.29) is 12.3 Å². The van der Waals surface area contributed by atoms with Gasteiger partial charge >= 0.3 is 0 Å². The standard InChI is InChI=1S/C13H18FNO3/c1-4-10-9(3)13(14,17)12(18-10)15-6-5-8(2)7-11(15)16/h5-6,9-10,12,17H,2,4,7H2,1,3H3/t9-,10-,12-,13+/m1/s1. The Labute approximate surface area is 106 Å². The van der Waals surface area contributed by atoms with Crippen molar-refractivity contribution in [2.24, 2.45) is 5.92 Å². The maximum atomic E-state index is 14.3. The van der Waals surface area contributed by atoms with Gasteiger partial charge in [-0.25, -0.2) is 4.39 Å². The minimum absolute atomic E-state index is 0.123. The minimum atomic E-state index is -2.53. The number of carbonyl (C=O) groups is 1. The SMILES string of the molecule is C=C1C=CN([C@@H]2O[C@H](CC)[C@@H](C)[C@@]2(O)F)C(=O)C1. The molecular weight excluding hydrogens is 237 g/mol. The highest BCUT2D eigenvalue weighted by Crippen LogP contribution is 2.41. The van der Waals surface area contributed by atoms with E-state index in [0.717, 1.165) is 4.90 Å². The van der Waals surface area contributed by atoms with Crippen molar-refractivity contribution in [1.82, 2.24) is 4.90 Å². The largest absolute Gasteiger partial charge is 0.358 e. The molecule has 0 saturated carbocycles. The Morgan fingerprint density at radius 1 is 1.72 bits per heavy atom. The molecule has 1 saturated heterocycles. The molecular formula is C13H18FNO3. The van der Waals surface area contributed by atoms with Crippen LogP contribution in [-0.4, -0.2) is 34.1 Å². The monoisotopic (exact) mass is 255 g/mol. The summed E-state index contributed by atoms with van der Waals surface area (Å²) >= 11 is 0. The number of amides is 1. The Morgan fingerprint density at radius 2 is 2.39 bits per heavy atom. The Bertz CT molecular complexity index is 405. The summed E-state index contributed by atoms with van der Waals surface area (Å²) in [7, 11) is 0. The van der Waals surface area contributed by atoms with Crippen molar-refractivity contribution in [2.75, 3.05) is 0 Å². The lowest BCUT2D eigenvalue weighted by molar-refractivity contribution is -0.197. The fraction of sp³-hybridized carbons (Fsp3) is 0.615. The van der Waals surface area contributed by atoms with Gasteiger partial charge in [-0.2, -0.15) is 0 Å². The van der Waals surface area contributed by atoms with Crippen LogP contribution in [0, 0.1) is 5.92 Å². The van der Waals surface area contributed by atoms with Crippen molar-refractivity contribution in [1.29, 1.82) is 0 Å². The molecule has 1 N–H and O–H groups in total. The van der Waals surface area contributed by atoms with E-state index < -0.39 is 24.1 Å². The second kappa shape index (κ2) is 4.48. The number of hydrogen-bond acceptors (Lipinski definition) is 3. The zero-order chi connectivity index (χ0) is 13.5. The third kappa shape index (κ3) is 1.97. The van der Waals surface area contributed by atoms with Crippen LogP contribution in [0.1, 0.15) is 26.7 Å². The van der Waals surface area contributed by atoms with Crippen LogP contribution >= 0.6 is 0 Å². The van der Waals surface area contributed by atoms with E-state index in [4.69, 9.17) is 4.74 Å². The van der Waals surface area contributed by atoms with Crippen molar-refractivity contribution in [3.05, 3.63) is 24.4 Å². The third-order valence-electron chi connectivity index (χ3n) is 3.64. The molecule has 4 atom stereocenters. The van der Waals surface area contributed by atoms with Crippen LogP contribution in [0.15, 0.2) is 24.4 Å². The molecule has 2 aliphatic heterocycles. The van der Waals surface area contributed by atoms with Gasteiger partial charge in [0.2, 0.25) is 5.91 Å². The van der Waals surface area contributed by atoms with E-state index in [2.05, 4.69) is 6.58 Å². The molecule has 0 radical (unpaired) electrons. The molecule has 4 nitrogen and oxygen atoms in total. The molecule has 0 aromatic carbocycles. The van der Waals surface area contributed by atoms with Crippen molar-refractivity contribution in [3.63, 3.8) is 0 Å². The summed E-state index contributed by atoms with van der Waals surface area (Å²) in [5.41, 5.74) is 0.664. The first-order valence-corrected chi connectivity index (χ1v) is 6.11. The van der Waals surface area contributed by atoms with Gasteiger partial charge in [0.25, 0.3) is 5.85 Å². The van der Waals surface area contributed by atoms with Gasteiger partial charge in [0, 0.05) is 12.1 Å². The number of halogens is 1. The predicted molar refractivity (Wildman–Crippen MR) is 63.9 cm³/mol. The van der Waals surface area contributed by atoms with E-state index in [0.29, 0.717) is 12.0 Å². The number of hydrogen-bond donors (Lipinski definition) is 1. The van der Waals surface area contributed by atoms with Gasteiger partial charge in [0.1, 0.15) is 0 Å². The molecule has 0 aromatic rings. The lowest BCUT2D eigenvalue weighted by atomic mass is 9.96. The molecule has 0 spiro atoms. The normalized spacial score (nSPS) is 40.7. The number of carbonyl (C=O) groups excluding carboxylic acids is 1. The Hall–Kier alpha value is -1.20. The molecule has 2 heterocycles. The highest BCUT2D eigenvalue weighted by Gasteiger charge is 2.57. The highest BCUT2D eigenvalue weighted by molar-refractivity contribution is 5.82. The lowest BCUT2D eigenvalue weighted by Gasteiger charge is -2.33. The molecule has 0 unspecified atom stereocenters. The van der Waals surface area contributed by atoms with Gasteiger partial charge in [-0.05, 0) is 18.1 Å². The maximum Gasteiger partial charge on any atom is 0.257 e. The number of ether oxygens (including phenoxy) is 1. The van der Waals surface area contributed by atoms with Gasteiger partial charge in [-0.1, -0.05) is 20.4 Å². The van der Waals surface area contributed by atoms with Gasteiger partial charge in [-0.15, -0.1) is 0 Å². The van der Waals surface area contributed by atoms with Crippen molar-refractivity contribution >= 4 is 5.91 Å². The quantitative estimate of drug-likeness (QED) is 0.817. The summed E-state index contributed by atoms with van der Waals surface area (Å²) in [6.45, 7) is 7.12. The zero-order valence-corrected chi connectivity index (χ0v) is 10.6. The van der Waals surface area contributed by atoms with Crippen LogP contribution in [0.25, 0.3) is 0 Å². The topological polar surface area (TPSA) is 49.8 Å². The number of alkyl halides is 1. The second-order valence-corrected chi connectivity index (χ2v) is 4.90. The van der Waals surface area contributed by atoms with Crippen LogP contribution in [0.5, 0.6) is 0 Å². The predicted octanol–water partition coefficient (Wildman–Crippen LogP) is 1.72. The summed E-state index contributed by atoms with van der Waals surface area (Å²) in [5, 5.41) is 9.92. The van der Waals surface area contributed by atoms with Gasteiger partial charge < -0.3 is 9.84 Å². The first-order valence-electron chi connectivity index (χ1n) is 6.11. The summed E-state index contributed by atoms with van der Waals surface area (Å²) in [6, 6.07) is 0. The molecule has 1 amide bonds. The molecule has 2 aliphatic rings. The zero-order valence-electron chi connectivity index (χ0n) is 10.6. The summed E-state index contributed by atoms with van der Waals surface area (Å²) in [6.07, 6.45) is 2.10. The van der Waals surface area contributed by atoms with E-state index in [1.807, 2.05) is 6.92 Å². The average Bonchev–Trinajstić information content (AvgIpc) is 2.52. The summed E-state index contributed by atoms with van der Waals surface area (Å²) < 4.78 is 19.8. The molecule has 18 heavy (non-hydrogen) atoms. The molecule has 2 rings (SSSR count). The number of rotatable bonds is 2. The fourth-order valence-electron chi connectivity index (χ4n) is 2.40. The van der Waals surface area contributed by atoms with Crippen LogP contribution in [0.2, 0.25) is 0 Å². The average molecular weight is 255 g/mol. The van der Waals surface area contributed by atoms with Crippen LogP contribution in [0.3, 0.4) is 0 Å². The minimum Gasteiger partial charge on any atom is -0.358 e. The van der Waals surface area contributed by atoms with Crippen molar-refractivity contribution in [2.45, 2.75) is 44.9 Å². The van der Waals surface area contributed by atoms with E-state index in [1.54, 1.807) is 13.0 Å². The third-order valence-corrected chi connectivity index (χ3v) is 3.64.